The number of benzene rings is 2. The summed E-state index contributed by atoms with van der Waals surface area (Å²) in [6.07, 6.45) is 0. The van der Waals surface area contributed by atoms with Crippen molar-refractivity contribution in [3.05, 3.63) is 64.2 Å². The van der Waals surface area contributed by atoms with Crippen LogP contribution in [0.2, 0.25) is 0 Å². The topological polar surface area (TPSA) is 83.4 Å². The van der Waals surface area contributed by atoms with E-state index >= 15 is 0 Å². The summed E-state index contributed by atoms with van der Waals surface area (Å²) in [7, 11) is 2.07. The molecule has 1 atom stereocenters. The predicted octanol–water partition coefficient (Wildman–Crippen LogP) is 1.56. The van der Waals surface area contributed by atoms with Crippen molar-refractivity contribution >= 4 is 22.5 Å². The van der Waals surface area contributed by atoms with E-state index in [-0.39, 0.29) is 17.9 Å². The molecule has 1 aliphatic heterocycles. The lowest BCUT2D eigenvalue weighted by Crippen LogP contribution is -2.45. The van der Waals surface area contributed by atoms with Crippen LogP contribution in [0.25, 0.3) is 10.9 Å². The maximum absolute atomic E-state index is 14.0. The number of carbonyl (C=O) groups excluding carboxylic acids is 1. The van der Waals surface area contributed by atoms with Gasteiger partial charge in [-0.15, -0.1) is 5.10 Å². The highest BCUT2D eigenvalue weighted by Gasteiger charge is 2.21. The summed E-state index contributed by atoms with van der Waals surface area (Å²) in [6, 6.07) is 11.1. The van der Waals surface area contributed by atoms with Gasteiger partial charge in [-0.1, -0.05) is 17.3 Å². The highest BCUT2D eigenvalue weighted by Crippen LogP contribution is 2.28. The minimum absolute atomic E-state index is 0.264. The van der Waals surface area contributed by atoms with Gasteiger partial charge >= 0.3 is 0 Å². The first-order chi connectivity index (χ1) is 14.9. The van der Waals surface area contributed by atoms with Crippen LogP contribution < -0.4 is 15.8 Å². The smallest absolute Gasteiger partial charge is 0.278 e. The molecule has 1 saturated heterocycles. The van der Waals surface area contributed by atoms with E-state index in [1.54, 1.807) is 37.3 Å². The molecule has 0 aliphatic carbocycles. The lowest BCUT2D eigenvalue weighted by Gasteiger charge is -2.36. The van der Waals surface area contributed by atoms with E-state index in [4.69, 9.17) is 0 Å². The van der Waals surface area contributed by atoms with Crippen molar-refractivity contribution in [2.45, 2.75) is 19.5 Å². The Morgan fingerprint density at radius 3 is 2.68 bits per heavy atom. The number of carbonyl (C=O) groups is 1. The zero-order chi connectivity index (χ0) is 22.0. The Hall–Kier alpha value is -3.33. The van der Waals surface area contributed by atoms with Crippen LogP contribution >= 0.6 is 0 Å². The fourth-order valence-corrected chi connectivity index (χ4v) is 3.84. The van der Waals surface area contributed by atoms with Crippen molar-refractivity contribution in [2.24, 2.45) is 0 Å². The Bertz CT molecular complexity index is 1160. The molecule has 0 radical (unpaired) electrons. The summed E-state index contributed by atoms with van der Waals surface area (Å²) >= 11 is 0. The normalized spacial score (nSPS) is 15.8. The van der Waals surface area contributed by atoms with Crippen molar-refractivity contribution < 1.29 is 9.18 Å². The minimum atomic E-state index is -0.443. The molecule has 1 aromatic heterocycles. The van der Waals surface area contributed by atoms with Gasteiger partial charge < -0.3 is 15.1 Å². The van der Waals surface area contributed by atoms with Gasteiger partial charge in [-0.25, -0.2) is 9.07 Å². The standard InChI is InChI=1S/C22H25FN6O2/c1-15(18-13-16(23)7-8-20(18)28-11-9-27(2)10-12-28)24-21(30)14-29-22(31)17-5-3-4-6-19(17)25-26-29/h3-8,13,15H,9-12,14H2,1-2H3,(H,24,30). The third-order valence-corrected chi connectivity index (χ3v) is 5.60. The van der Waals surface area contributed by atoms with Crippen molar-refractivity contribution in [1.29, 1.82) is 0 Å². The Kier molecular flexibility index (Phi) is 5.94. The summed E-state index contributed by atoms with van der Waals surface area (Å²) in [5.74, 6) is -0.752. The van der Waals surface area contributed by atoms with E-state index in [9.17, 15) is 14.0 Å². The van der Waals surface area contributed by atoms with E-state index in [0.717, 1.165) is 36.5 Å². The monoisotopic (exact) mass is 424 g/mol. The molecule has 1 fully saturated rings. The number of hydrogen-bond donors (Lipinski definition) is 1. The van der Waals surface area contributed by atoms with Crippen LogP contribution in [0.3, 0.4) is 0 Å². The van der Waals surface area contributed by atoms with E-state index in [1.165, 1.54) is 12.1 Å². The quantitative estimate of drug-likeness (QED) is 0.669. The van der Waals surface area contributed by atoms with Gasteiger partial charge in [-0.3, -0.25) is 9.59 Å². The zero-order valence-electron chi connectivity index (χ0n) is 17.6. The molecular weight excluding hydrogens is 399 g/mol. The molecular formula is C22H25FN6O2. The second-order valence-electron chi connectivity index (χ2n) is 7.85. The highest BCUT2D eigenvalue weighted by atomic mass is 19.1. The minimum Gasteiger partial charge on any atom is -0.369 e. The molecule has 2 aromatic carbocycles. The Labute approximate surface area is 179 Å². The summed E-state index contributed by atoms with van der Waals surface area (Å²) in [4.78, 5) is 29.7. The average Bonchev–Trinajstić information content (AvgIpc) is 2.76. The first-order valence-electron chi connectivity index (χ1n) is 10.3. The Morgan fingerprint density at radius 1 is 1.16 bits per heavy atom. The van der Waals surface area contributed by atoms with E-state index < -0.39 is 11.9 Å². The number of piperazine rings is 1. The second kappa shape index (κ2) is 8.81. The van der Waals surface area contributed by atoms with Crippen LogP contribution in [0.15, 0.2) is 47.3 Å². The molecule has 0 spiro atoms. The fourth-order valence-electron chi connectivity index (χ4n) is 3.84. The predicted molar refractivity (Wildman–Crippen MR) is 116 cm³/mol. The molecule has 1 amide bonds. The summed E-state index contributed by atoms with van der Waals surface area (Å²) in [6.45, 7) is 5.04. The molecule has 2 heterocycles. The van der Waals surface area contributed by atoms with Crippen LogP contribution in [0.4, 0.5) is 10.1 Å². The Morgan fingerprint density at radius 2 is 1.90 bits per heavy atom. The van der Waals surface area contributed by atoms with Gasteiger partial charge in [0, 0.05) is 37.4 Å². The second-order valence-corrected chi connectivity index (χ2v) is 7.85. The first-order valence-corrected chi connectivity index (χ1v) is 10.3. The van der Waals surface area contributed by atoms with Gasteiger partial charge in [0.1, 0.15) is 17.9 Å². The lowest BCUT2D eigenvalue weighted by atomic mass is 10.0. The molecule has 31 heavy (non-hydrogen) atoms. The number of amides is 1. The molecule has 1 N–H and O–H groups in total. The molecule has 162 valence electrons. The molecule has 4 rings (SSSR count). The van der Waals surface area contributed by atoms with Crippen LogP contribution in [0.1, 0.15) is 18.5 Å². The Balaban J connectivity index is 1.51. The number of fused-ring (bicyclic) bond motifs is 1. The van der Waals surface area contributed by atoms with E-state index in [1.807, 2.05) is 0 Å². The van der Waals surface area contributed by atoms with Crippen LogP contribution in [0, 0.1) is 5.82 Å². The number of rotatable bonds is 5. The molecule has 0 bridgehead atoms. The fraction of sp³-hybridized carbons (Fsp3) is 0.364. The number of halogens is 1. The molecule has 3 aromatic rings. The lowest BCUT2D eigenvalue weighted by molar-refractivity contribution is -0.122. The largest absolute Gasteiger partial charge is 0.369 e. The van der Waals surface area contributed by atoms with Gasteiger partial charge in [-0.2, -0.15) is 0 Å². The van der Waals surface area contributed by atoms with Crippen molar-refractivity contribution in [1.82, 2.24) is 25.2 Å². The molecule has 8 nitrogen and oxygen atoms in total. The van der Waals surface area contributed by atoms with Crippen LogP contribution in [-0.2, 0) is 11.3 Å². The van der Waals surface area contributed by atoms with Crippen molar-refractivity contribution in [3.8, 4) is 0 Å². The average molecular weight is 424 g/mol. The summed E-state index contributed by atoms with van der Waals surface area (Å²) < 4.78 is 15.1. The van der Waals surface area contributed by atoms with Crippen molar-refractivity contribution in [3.63, 3.8) is 0 Å². The maximum Gasteiger partial charge on any atom is 0.278 e. The molecule has 0 saturated carbocycles. The first kappa shape index (κ1) is 20.9. The number of aromatic nitrogens is 3. The molecule has 1 aliphatic rings. The van der Waals surface area contributed by atoms with E-state index in [0.29, 0.717) is 16.5 Å². The third kappa shape index (κ3) is 4.56. The van der Waals surface area contributed by atoms with Crippen molar-refractivity contribution in [2.75, 3.05) is 38.1 Å². The molecule has 1 unspecified atom stereocenters. The maximum atomic E-state index is 14.0. The third-order valence-electron chi connectivity index (χ3n) is 5.60. The van der Waals surface area contributed by atoms with Gasteiger partial charge in [0.2, 0.25) is 5.91 Å². The van der Waals surface area contributed by atoms with Crippen LogP contribution in [-0.4, -0.2) is 59.0 Å². The zero-order valence-corrected chi connectivity index (χ0v) is 17.6. The van der Waals surface area contributed by atoms with Crippen LogP contribution in [0.5, 0.6) is 0 Å². The summed E-state index contributed by atoms with van der Waals surface area (Å²) in [5, 5.41) is 11.1. The van der Waals surface area contributed by atoms with Gasteiger partial charge in [0.15, 0.2) is 0 Å². The number of nitrogens with zero attached hydrogens (tertiary/aromatic N) is 5. The summed E-state index contributed by atoms with van der Waals surface area (Å²) in [5.41, 5.74) is 1.71. The number of hydrogen-bond acceptors (Lipinski definition) is 6. The van der Waals surface area contributed by atoms with Gasteiger partial charge in [0.05, 0.1) is 11.4 Å². The number of anilines is 1. The van der Waals surface area contributed by atoms with Gasteiger partial charge in [-0.05, 0) is 44.3 Å². The SMILES string of the molecule is CC(NC(=O)Cn1nnc2ccccc2c1=O)c1cc(F)ccc1N1CCN(C)CC1. The molecule has 9 heteroatoms. The number of nitrogens with one attached hydrogen (secondary N) is 1. The highest BCUT2D eigenvalue weighted by molar-refractivity contribution is 5.78. The number of likely N-dealkylation sites (N-methyl/N-ethyl adjacent to an activating group) is 1. The van der Waals surface area contributed by atoms with E-state index in [2.05, 4.69) is 32.5 Å². The van der Waals surface area contributed by atoms with Gasteiger partial charge in [0.25, 0.3) is 5.56 Å².